The molecule has 19 heavy (non-hydrogen) atoms. The third-order valence-corrected chi connectivity index (χ3v) is 4.43. The standard InChI is InChI=1S/C16H22N2O/c1-2-5-12-8-9-18(11-12)16(19)14-10-17-15-7-4-3-6-13(14)15/h3-4,6-7,12,14,17H,2,5,8-11H2,1H3. The van der Waals surface area contributed by atoms with E-state index in [1.54, 1.807) is 0 Å². The number of para-hydroxylation sites is 1. The lowest BCUT2D eigenvalue weighted by atomic mass is 10.00. The topological polar surface area (TPSA) is 32.3 Å². The minimum absolute atomic E-state index is 0.0246. The molecule has 0 bridgehead atoms. The second-order valence-corrected chi connectivity index (χ2v) is 5.75. The first-order valence-corrected chi connectivity index (χ1v) is 7.41. The van der Waals surface area contributed by atoms with Gasteiger partial charge in [-0.25, -0.2) is 0 Å². The maximum atomic E-state index is 12.6. The van der Waals surface area contributed by atoms with E-state index in [1.807, 2.05) is 12.1 Å². The smallest absolute Gasteiger partial charge is 0.231 e. The second-order valence-electron chi connectivity index (χ2n) is 5.75. The molecule has 0 aromatic heterocycles. The Bertz CT molecular complexity index is 472. The normalized spacial score (nSPS) is 25.2. The molecule has 3 heteroatoms. The van der Waals surface area contributed by atoms with E-state index in [2.05, 4.69) is 29.3 Å². The summed E-state index contributed by atoms with van der Waals surface area (Å²) in [5, 5.41) is 3.34. The summed E-state index contributed by atoms with van der Waals surface area (Å²) in [6, 6.07) is 8.19. The number of hydrogen-bond acceptors (Lipinski definition) is 2. The minimum Gasteiger partial charge on any atom is -0.384 e. The maximum Gasteiger partial charge on any atom is 0.231 e. The summed E-state index contributed by atoms with van der Waals surface area (Å²) in [7, 11) is 0. The van der Waals surface area contributed by atoms with Crippen molar-refractivity contribution >= 4 is 11.6 Å². The highest BCUT2D eigenvalue weighted by atomic mass is 16.2. The number of benzene rings is 1. The van der Waals surface area contributed by atoms with Crippen LogP contribution >= 0.6 is 0 Å². The summed E-state index contributed by atoms with van der Waals surface area (Å²) in [5.41, 5.74) is 2.30. The van der Waals surface area contributed by atoms with Crippen molar-refractivity contribution in [1.82, 2.24) is 4.90 Å². The molecule has 1 aromatic carbocycles. The van der Waals surface area contributed by atoms with Gasteiger partial charge in [0.2, 0.25) is 5.91 Å². The van der Waals surface area contributed by atoms with Gasteiger partial charge in [0, 0.05) is 25.3 Å². The Kier molecular flexibility index (Phi) is 3.45. The summed E-state index contributed by atoms with van der Waals surface area (Å²) in [6.07, 6.45) is 3.66. The number of hydrogen-bond donors (Lipinski definition) is 1. The fourth-order valence-electron chi connectivity index (χ4n) is 3.40. The van der Waals surface area contributed by atoms with Crippen LogP contribution in [0.25, 0.3) is 0 Å². The van der Waals surface area contributed by atoms with Gasteiger partial charge in [-0.15, -0.1) is 0 Å². The molecule has 1 saturated heterocycles. The van der Waals surface area contributed by atoms with E-state index >= 15 is 0 Å². The molecule has 0 spiro atoms. The van der Waals surface area contributed by atoms with Crippen LogP contribution in [0.4, 0.5) is 5.69 Å². The molecule has 1 fully saturated rings. The summed E-state index contributed by atoms with van der Waals surface area (Å²) in [6.45, 7) is 4.89. The van der Waals surface area contributed by atoms with E-state index in [9.17, 15) is 4.79 Å². The first-order valence-electron chi connectivity index (χ1n) is 7.41. The van der Waals surface area contributed by atoms with Crippen LogP contribution in [0.5, 0.6) is 0 Å². The van der Waals surface area contributed by atoms with Crippen molar-refractivity contribution in [3.63, 3.8) is 0 Å². The average Bonchev–Trinajstić information content (AvgIpc) is 3.05. The Morgan fingerprint density at radius 3 is 3.11 bits per heavy atom. The van der Waals surface area contributed by atoms with Gasteiger partial charge in [0.25, 0.3) is 0 Å². The highest BCUT2D eigenvalue weighted by Gasteiger charge is 2.34. The van der Waals surface area contributed by atoms with Gasteiger partial charge in [0.05, 0.1) is 5.92 Å². The Morgan fingerprint density at radius 1 is 1.42 bits per heavy atom. The van der Waals surface area contributed by atoms with Crippen LogP contribution < -0.4 is 5.32 Å². The van der Waals surface area contributed by atoms with Crippen LogP contribution in [0, 0.1) is 5.92 Å². The molecule has 2 aliphatic rings. The van der Waals surface area contributed by atoms with Crippen LogP contribution in [-0.4, -0.2) is 30.4 Å². The fraction of sp³-hybridized carbons (Fsp3) is 0.562. The molecule has 1 amide bonds. The van der Waals surface area contributed by atoms with Crippen molar-refractivity contribution in [2.75, 3.05) is 25.0 Å². The van der Waals surface area contributed by atoms with E-state index in [0.29, 0.717) is 5.91 Å². The van der Waals surface area contributed by atoms with Gasteiger partial charge in [0.1, 0.15) is 0 Å². The molecular weight excluding hydrogens is 236 g/mol. The van der Waals surface area contributed by atoms with Crippen LogP contribution in [0.2, 0.25) is 0 Å². The minimum atomic E-state index is 0.0246. The van der Waals surface area contributed by atoms with E-state index in [-0.39, 0.29) is 5.92 Å². The van der Waals surface area contributed by atoms with E-state index in [1.165, 1.54) is 24.8 Å². The van der Waals surface area contributed by atoms with Crippen LogP contribution in [0.15, 0.2) is 24.3 Å². The first-order chi connectivity index (χ1) is 9.29. The first kappa shape index (κ1) is 12.5. The molecule has 2 unspecified atom stereocenters. The third-order valence-electron chi connectivity index (χ3n) is 4.43. The number of carbonyl (C=O) groups excluding carboxylic acids is 1. The highest BCUT2D eigenvalue weighted by Crippen LogP contribution is 2.33. The van der Waals surface area contributed by atoms with E-state index in [4.69, 9.17) is 0 Å². The van der Waals surface area contributed by atoms with Gasteiger partial charge in [0.15, 0.2) is 0 Å². The number of likely N-dealkylation sites (tertiary alicyclic amines) is 1. The molecule has 0 saturated carbocycles. The quantitative estimate of drug-likeness (QED) is 0.904. The van der Waals surface area contributed by atoms with Crippen molar-refractivity contribution in [3.8, 4) is 0 Å². The van der Waals surface area contributed by atoms with Gasteiger partial charge in [-0.3, -0.25) is 4.79 Å². The molecular formula is C16H22N2O. The number of amides is 1. The Balaban J connectivity index is 1.69. The van der Waals surface area contributed by atoms with Crippen LogP contribution in [0.1, 0.15) is 37.7 Å². The lowest BCUT2D eigenvalue weighted by Gasteiger charge is -2.20. The zero-order valence-electron chi connectivity index (χ0n) is 11.6. The third kappa shape index (κ3) is 2.34. The van der Waals surface area contributed by atoms with Crippen molar-refractivity contribution in [1.29, 1.82) is 0 Å². The Hall–Kier alpha value is -1.51. The summed E-state index contributed by atoms with van der Waals surface area (Å²) >= 11 is 0. The number of carbonyl (C=O) groups is 1. The van der Waals surface area contributed by atoms with E-state index < -0.39 is 0 Å². The molecule has 2 aliphatic heterocycles. The average molecular weight is 258 g/mol. The van der Waals surface area contributed by atoms with Crippen molar-refractivity contribution in [3.05, 3.63) is 29.8 Å². The van der Waals surface area contributed by atoms with Gasteiger partial charge in [-0.1, -0.05) is 31.5 Å². The zero-order valence-corrected chi connectivity index (χ0v) is 11.6. The predicted octanol–water partition coefficient (Wildman–Crippen LogP) is 2.84. The lowest BCUT2D eigenvalue weighted by Crippen LogP contribution is -2.34. The predicted molar refractivity (Wildman–Crippen MR) is 77.3 cm³/mol. The molecule has 2 heterocycles. The summed E-state index contributed by atoms with van der Waals surface area (Å²) in [4.78, 5) is 14.7. The molecule has 0 radical (unpaired) electrons. The van der Waals surface area contributed by atoms with Gasteiger partial charge in [-0.05, 0) is 30.4 Å². The molecule has 3 nitrogen and oxygen atoms in total. The lowest BCUT2D eigenvalue weighted by molar-refractivity contribution is -0.131. The zero-order chi connectivity index (χ0) is 13.2. The number of fused-ring (bicyclic) bond motifs is 1. The largest absolute Gasteiger partial charge is 0.384 e. The number of nitrogens with one attached hydrogen (secondary N) is 1. The van der Waals surface area contributed by atoms with Gasteiger partial charge >= 0.3 is 0 Å². The fourth-order valence-corrected chi connectivity index (χ4v) is 3.40. The molecule has 1 N–H and O–H groups in total. The SMILES string of the molecule is CCCC1CCN(C(=O)C2CNc3ccccc32)C1. The maximum absolute atomic E-state index is 12.6. The van der Waals surface area contributed by atoms with Crippen LogP contribution in [0.3, 0.4) is 0 Å². The molecule has 0 aliphatic carbocycles. The monoisotopic (exact) mass is 258 g/mol. The van der Waals surface area contributed by atoms with Gasteiger partial charge < -0.3 is 10.2 Å². The Labute approximate surface area is 115 Å². The number of nitrogens with zero attached hydrogens (tertiary/aromatic N) is 1. The molecule has 3 rings (SSSR count). The number of anilines is 1. The molecule has 102 valence electrons. The van der Waals surface area contributed by atoms with Crippen molar-refractivity contribution in [2.24, 2.45) is 5.92 Å². The van der Waals surface area contributed by atoms with Crippen molar-refractivity contribution < 1.29 is 4.79 Å². The molecule has 2 atom stereocenters. The molecule has 1 aromatic rings. The number of rotatable bonds is 3. The second kappa shape index (κ2) is 5.24. The highest BCUT2D eigenvalue weighted by molar-refractivity contribution is 5.88. The summed E-state index contributed by atoms with van der Waals surface area (Å²) < 4.78 is 0. The van der Waals surface area contributed by atoms with Crippen LogP contribution in [-0.2, 0) is 4.79 Å². The summed E-state index contributed by atoms with van der Waals surface area (Å²) in [5.74, 6) is 1.06. The van der Waals surface area contributed by atoms with Crippen molar-refractivity contribution in [2.45, 2.75) is 32.1 Å². The Morgan fingerprint density at radius 2 is 2.26 bits per heavy atom. The van der Waals surface area contributed by atoms with E-state index in [0.717, 1.165) is 31.2 Å². The van der Waals surface area contributed by atoms with Gasteiger partial charge in [-0.2, -0.15) is 0 Å².